The van der Waals surface area contributed by atoms with Crippen LogP contribution in [0, 0.1) is 11.3 Å². The molecule has 1 heterocycles. The van der Waals surface area contributed by atoms with Crippen molar-refractivity contribution in [3.05, 3.63) is 59.9 Å². The van der Waals surface area contributed by atoms with Crippen molar-refractivity contribution in [3.63, 3.8) is 0 Å². The number of ketones is 1. The highest BCUT2D eigenvalue weighted by Crippen LogP contribution is 2.19. The molecule has 112 valence electrons. The van der Waals surface area contributed by atoms with Crippen LogP contribution in [0.15, 0.2) is 48.7 Å². The minimum atomic E-state index is -0.892. The lowest BCUT2D eigenvalue weighted by atomic mass is 10.0. The number of benzene rings is 1. The molecule has 0 amide bonds. The number of carbonyl (C=O) groups excluding carboxylic acids is 1. The molecule has 0 aliphatic carbocycles. The van der Waals surface area contributed by atoms with Crippen LogP contribution in [0.2, 0.25) is 0 Å². The van der Waals surface area contributed by atoms with Crippen molar-refractivity contribution in [1.82, 2.24) is 4.98 Å². The van der Waals surface area contributed by atoms with E-state index in [0.717, 1.165) is 0 Å². The van der Waals surface area contributed by atoms with E-state index in [1.807, 2.05) is 30.3 Å². The zero-order valence-electron chi connectivity index (χ0n) is 12.7. The molecule has 1 aromatic heterocycles. The molecule has 0 fully saturated rings. The van der Waals surface area contributed by atoms with Crippen LogP contribution in [0.4, 0.5) is 0 Å². The van der Waals surface area contributed by atoms with E-state index < -0.39 is 5.92 Å². The summed E-state index contributed by atoms with van der Waals surface area (Å²) in [6, 6.07) is 14.8. The summed E-state index contributed by atoms with van der Waals surface area (Å²) in [5.41, 5.74) is 1.66. The number of pyridine rings is 1. The summed E-state index contributed by atoms with van der Waals surface area (Å²) in [7, 11) is 0. The summed E-state index contributed by atoms with van der Waals surface area (Å²) >= 11 is 0. The second-order valence-corrected chi connectivity index (χ2v) is 5.30. The molecule has 22 heavy (non-hydrogen) atoms. The van der Waals surface area contributed by atoms with Crippen LogP contribution in [0.25, 0.3) is 0 Å². The average molecular weight is 294 g/mol. The third kappa shape index (κ3) is 3.92. The molecular formula is C18H18N2O2. The Labute approximate surface area is 130 Å². The monoisotopic (exact) mass is 294 g/mol. The lowest BCUT2D eigenvalue weighted by Crippen LogP contribution is -2.19. The van der Waals surface area contributed by atoms with Crippen molar-refractivity contribution in [2.24, 2.45) is 0 Å². The van der Waals surface area contributed by atoms with Gasteiger partial charge >= 0.3 is 0 Å². The Morgan fingerprint density at radius 1 is 1.23 bits per heavy atom. The summed E-state index contributed by atoms with van der Waals surface area (Å²) in [6.07, 6.45) is 1.57. The molecule has 0 N–H and O–H groups in total. The second-order valence-electron chi connectivity index (χ2n) is 5.30. The van der Waals surface area contributed by atoms with Gasteiger partial charge in [-0.25, -0.2) is 0 Å². The van der Waals surface area contributed by atoms with Crippen molar-refractivity contribution in [1.29, 1.82) is 5.26 Å². The molecule has 0 spiro atoms. The van der Waals surface area contributed by atoms with Crippen LogP contribution in [0.1, 0.15) is 36.9 Å². The van der Waals surface area contributed by atoms with Crippen LogP contribution >= 0.6 is 0 Å². The van der Waals surface area contributed by atoms with Crippen molar-refractivity contribution < 1.29 is 9.53 Å². The first-order valence-electron chi connectivity index (χ1n) is 7.18. The smallest absolute Gasteiger partial charge is 0.193 e. The van der Waals surface area contributed by atoms with E-state index >= 15 is 0 Å². The number of ether oxygens (including phenoxy) is 1. The van der Waals surface area contributed by atoms with Gasteiger partial charge in [-0.3, -0.25) is 9.78 Å². The summed E-state index contributed by atoms with van der Waals surface area (Å²) < 4.78 is 5.48. The van der Waals surface area contributed by atoms with E-state index in [1.54, 1.807) is 24.4 Å². The fourth-order valence-electron chi connectivity index (χ4n) is 2.04. The van der Waals surface area contributed by atoms with E-state index in [9.17, 15) is 10.1 Å². The molecule has 0 unspecified atom stereocenters. The molecule has 2 aromatic rings. The second kappa shape index (κ2) is 7.37. The third-order valence-corrected chi connectivity index (χ3v) is 3.36. The number of Topliss-reactive ketones (excluding diaryl/α,β-unsaturated/α-hetero) is 1. The van der Waals surface area contributed by atoms with Gasteiger partial charge in [0.1, 0.15) is 12.4 Å². The van der Waals surface area contributed by atoms with Gasteiger partial charge < -0.3 is 4.74 Å². The van der Waals surface area contributed by atoms with Gasteiger partial charge in [-0.2, -0.15) is 5.26 Å². The minimum Gasteiger partial charge on any atom is -0.486 e. The highest BCUT2D eigenvalue weighted by atomic mass is 16.5. The number of hydrogen-bond acceptors (Lipinski definition) is 4. The number of nitrogens with zero attached hydrogens (tertiary/aromatic N) is 2. The number of rotatable bonds is 6. The molecule has 4 nitrogen and oxygen atoms in total. The molecule has 1 atom stereocenters. The zero-order valence-corrected chi connectivity index (χ0v) is 12.7. The summed E-state index contributed by atoms with van der Waals surface area (Å²) in [6.45, 7) is 4.09. The van der Waals surface area contributed by atoms with Crippen LogP contribution in [0.3, 0.4) is 0 Å². The molecule has 0 bridgehead atoms. The lowest BCUT2D eigenvalue weighted by molar-refractivity contribution is -0.121. The first kappa shape index (κ1) is 15.7. The Hall–Kier alpha value is -2.67. The molecule has 4 heteroatoms. The van der Waals surface area contributed by atoms with Crippen LogP contribution in [0.5, 0.6) is 5.75 Å². The normalized spacial score (nSPS) is 11.7. The molecule has 0 saturated carbocycles. The summed E-state index contributed by atoms with van der Waals surface area (Å²) in [5, 5.41) is 9.18. The molecule has 0 aliphatic rings. The molecule has 0 radical (unpaired) electrons. The molecule has 2 rings (SSSR count). The highest BCUT2D eigenvalue weighted by Gasteiger charge is 2.21. The van der Waals surface area contributed by atoms with Gasteiger partial charge in [-0.05, 0) is 35.7 Å². The van der Waals surface area contributed by atoms with Crippen molar-refractivity contribution >= 4 is 5.78 Å². The zero-order chi connectivity index (χ0) is 15.9. The van der Waals surface area contributed by atoms with E-state index in [-0.39, 0.29) is 12.4 Å². The predicted molar refractivity (Wildman–Crippen MR) is 83.6 cm³/mol. The SMILES string of the molecule is CC(C)c1ccc(OCC(=O)[C@@H](C#N)c2ccccn2)cc1. The summed E-state index contributed by atoms with van der Waals surface area (Å²) in [5.74, 6) is -0.122. The Morgan fingerprint density at radius 2 is 1.95 bits per heavy atom. The largest absolute Gasteiger partial charge is 0.486 e. The summed E-state index contributed by atoms with van der Waals surface area (Å²) in [4.78, 5) is 16.2. The van der Waals surface area contributed by atoms with Gasteiger partial charge in [0.2, 0.25) is 0 Å². The first-order valence-corrected chi connectivity index (χ1v) is 7.18. The molecule has 1 aromatic carbocycles. The fourth-order valence-corrected chi connectivity index (χ4v) is 2.04. The topological polar surface area (TPSA) is 63.0 Å². The van der Waals surface area contributed by atoms with Gasteiger partial charge in [-0.15, -0.1) is 0 Å². The van der Waals surface area contributed by atoms with E-state index in [0.29, 0.717) is 17.4 Å². The maximum absolute atomic E-state index is 12.1. The van der Waals surface area contributed by atoms with Crippen molar-refractivity contribution in [2.45, 2.75) is 25.7 Å². The maximum Gasteiger partial charge on any atom is 0.193 e. The molecule has 0 saturated heterocycles. The quantitative estimate of drug-likeness (QED) is 0.818. The van der Waals surface area contributed by atoms with E-state index in [2.05, 4.69) is 18.8 Å². The van der Waals surface area contributed by atoms with Gasteiger partial charge in [-0.1, -0.05) is 32.0 Å². The van der Waals surface area contributed by atoms with Crippen LogP contribution in [-0.2, 0) is 4.79 Å². The number of nitriles is 1. The first-order chi connectivity index (χ1) is 10.6. The molecule has 0 aliphatic heterocycles. The van der Waals surface area contributed by atoms with E-state index in [4.69, 9.17) is 4.74 Å². The number of aromatic nitrogens is 1. The van der Waals surface area contributed by atoms with E-state index in [1.165, 1.54) is 5.56 Å². The average Bonchev–Trinajstić information content (AvgIpc) is 2.55. The van der Waals surface area contributed by atoms with Crippen LogP contribution < -0.4 is 4.74 Å². The van der Waals surface area contributed by atoms with Crippen LogP contribution in [-0.4, -0.2) is 17.4 Å². The number of carbonyl (C=O) groups is 1. The number of hydrogen-bond donors (Lipinski definition) is 0. The van der Waals surface area contributed by atoms with Gasteiger partial charge in [0.05, 0.1) is 11.8 Å². The highest BCUT2D eigenvalue weighted by molar-refractivity contribution is 5.89. The van der Waals surface area contributed by atoms with Gasteiger partial charge in [0.25, 0.3) is 0 Å². The van der Waals surface area contributed by atoms with Crippen molar-refractivity contribution in [3.8, 4) is 11.8 Å². The Balaban J connectivity index is 1.98. The Morgan fingerprint density at radius 3 is 2.50 bits per heavy atom. The minimum absolute atomic E-state index is 0.143. The Kier molecular flexibility index (Phi) is 5.26. The standard InChI is InChI=1S/C18H18N2O2/c1-13(2)14-6-8-15(9-7-14)22-12-18(21)16(11-19)17-5-3-4-10-20-17/h3-10,13,16H,12H2,1-2H3/t16-/m0/s1. The Bertz CT molecular complexity index is 658. The van der Waals surface area contributed by atoms with Gasteiger partial charge in [0, 0.05) is 6.20 Å². The van der Waals surface area contributed by atoms with Crippen molar-refractivity contribution in [2.75, 3.05) is 6.61 Å². The lowest BCUT2D eigenvalue weighted by Gasteiger charge is -2.10. The third-order valence-electron chi connectivity index (χ3n) is 3.36. The molecular weight excluding hydrogens is 276 g/mol. The maximum atomic E-state index is 12.1. The fraction of sp³-hybridized carbons (Fsp3) is 0.278. The predicted octanol–water partition coefficient (Wildman–Crippen LogP) is 3.46. The van der Waals surface area contributed by atoms with Gasteiger partial charge in [0.15, 0.2) is 11.7 Å².